The van der Waals surface area contributed by atoms with Crippen molar-refractivity contribution in [1.29, 1.82) is 0 Å². The number of likely N-dealkylation sites (tertiary alicyclic amines) is 2. The minimum Gasteiger partial charge on any atom is -0.465 e. The largest absolute Gasteiger partial charge is 0.471 e. The van der Waals surface area contributed by atoms with Crippen LogP contribution in [0.4, 0.5) is 18.0 Å². The first kappa shape index (κ1) is 14.0. The fourth-order valence-corrected chi connectivity index (χ4v) is 2.87. The fraction of sp³-hybridized carbons (Fsp3) is 0.818. The highest BCUT2D eigenvalue weighted by molar-refractivity contribution is 5.81. The first-order valence-electron chi connectivity index (χ1n) is 6.08. The lowest BCUT2D eigenvalue weighted by Crippen LogP contribution is -2.48. The molecule has 19 heavy (non-hydrogen) atoms. The van der Waals surface area contributed by atoms with Crippen LogP contribution in [0.3, 0.4) is 0 Å². The van der Waals surface area contributed by atoms with Crippen molar-refractivity contribution in [3.8, 4) is 0 Å². The summed E-state index contributed by atoms with van der Waals surface area (Å²) in [6.07, 6.45) is -4.30. The Morgan fingerprint density at radius 3 is 1.84 bits per heavy atom. The summed E-state index contributed by atoms with van der Waals surface area (Å²) in [5.41, 5.74) is -0.249. The van der Waals surface area contributed by atoms with Crippen molar-refractivity contribution < 1.29 is 27.9 Å². The van der Waals surface area contributed by atoms with Crippen molar-refractivity contribution in [2.24, 2.45) is 5.41 Å². The number of hydrogen-bond acceptors (Lipinski definition) is 2. The normalized spacial score (nSPS) is 22.9. The predicted molar refractivity (Wildman–Crippen MR) is 58.5 cm³/mol. The van der Waals surface area contributed by atoms with Crippen molar-refractivity contribution >= 4 is 12.0 Å². The van der Waals surface area contributed by atoms with E-state index in [1.54, 1.807) is 0 Å². The molecule has 2 heterocycles. The van der Waals surface area contributed by atoms with E-state index in [9.17, 15) is 22.8 Å². The topological polar surface area (TPSA) is 60.9 Å². The van der Waals surface area contributed by atoms with Crippen LogP contribution in [0.2, 0.25) is 0 Å². The van der Waals surface area contributed by atoms with E-state index >= 15 is 0 Å². The minimum absolute atomic E-state index is 0.0474. The van der Waals surface area contributed by atoms with Gasteiger partial charge in [-0.05, 0) is 24.7 Å². The molecule has 1 N–H and O–H groups in total. The molecule has 0 atom stereocenters. The number of carbonyl (C=O) groups is 2. The van der Waals surface area contributed by atoms with Crippen molar-refractivity contribution in [3.05, 3.63) is 0 Å². The minimum atomic E-state index is -4.83. The standard InChI is InChI=1S/C11H15F3N2O3/c12-11(13,14)8(17)15-4-1-10(2-5-15)3-6-16(7-10)9(18)19/h1-7H2,(H,18,19). The summed E-state index contributed by atoms with van der Waals surface area (Å²) >= 11 is 0. The predicted octanol–water partition coefficient (Wildman–Crippen LogP) is 1.54. The van der Waals surface area contributed by atoms with Crippen LogP contribution in [-0.2, 0) is 4.79 Å². The molecule has 0 bridgehead atoms. The molecule has 2 fully saturated rings. The van der Waals surface area contributed by atoms with Gasteiger partial charge in [-0.15, -0.1) is 0 Å². The van der Waals surface area contributed by atoms with Gasteiger partial charge in [-0.2, -0.15) is 13.2 Å². The average Bonchev–Trinajstić information content (AvgIpc) is 2.73. The molecule has 2 rings (SSSR count). The molecular formula is C11H15F3N2O3. The SMILES string of the molecule is O=C(O)N1CCC2(CCN(C(=O)C(F)(F)F)CC2)C1. The second-order valence-corrected chi connectivity index (χ2v) is 5.24. The molecule has 108 valence electrons. The molecule has 0 unspecified atom stereocenters. The smallest absolute Gasteiger partial charge is 0.465 e. The summed E-state index contributed by atoms with van der Waals surface area (Å²) in [4.78, 5) is 24.0. The number of halogens is 3. The Hall–Kier alpha value is -1.47. The Morgan fingerprint density at radius 2 is 1.47 bits per heavy atom. The van der Waals surface area contributed by atoms with Gasteiger partial charge >= 0.3 is 18.2 Å². The number of hydrogen-bond donors (Lipinski definition) is 1. The first-order valence-corrected chi connectivity index (χ1v) is 6.08. The molecule has 2 aliphatic rings. The fourth-order valence-electron chi connectivity index (χ4n) is 2.87. The average molecular weight is 280 g/mol. The van der Waals surface area contributed by atoms with Gasteiger partial charge in [-0.1, -0.05) is 0 Å². The summed E-state index contributed by atoms with van der Waals surface area (Å²) in [5.74, 6) is -1.80. The summed E-state index contributed by atoms with van der Waals surface area (Å²) < 4.78 is 36.9. The number of carbonyl (C=O) groups excluding carboxylic acids is 1. The van der Waals surface area contributed by atoms with E-state index in [4.69, 9.17) is 5.11 Å². The Bertz CT molecular complexity index is 389. The number of amides is 2. The van der Waals surface area contributed by atoms with Crippen LogP contribution < -0.4 is 0 Å². The van der Waals surface area contributed by atoms with Crippen molar-refractivity contribution in [2.45, 2.75) is 25.4 Å². The molecule has 1 spiro atoms. The zero-order chi connectivity index (χ0) is 14.3. The lowest BCUT2D eigenvalue weighted by atomic mass is 9.78. The van der Waals surface area contributed by atoms with Crippen molar-refractivity contribution in [2.75, 3.05) is 26.2 Å². The third-order valence-electron chi connectivity index (χ3n) is 4.06. The third kappa shape index (κ3) is 2.76. The van der Waals surface area contributed by atoms with Crippen molar-refractivity contribution in [1.82, 2.24) is 9.80 Å². The molecule has 0 radical (unpaired) electrons. The van der Waals surface area contributed by atoms with Gasteiger partial charge in [0.05, 0.1) is 0 Å². The van der Waals surface area contributed by atoms with Crippen molar-refractivity contribution in [3.63, 3.8) is 0 Å². The third-order valence-corrected chi connectivity index (χ3v) is 4.06. The summed E-state index contributed by atoms with van der Waals surface area (Å²) in [7, 11) is 0. The van der Waals surface area contributed by atoms with Crippen LogP contribution in [0.15, 0.2) is 0 Å². The van der Waals surface area contributed by atoms with E-state index in [1.807, 2.05) is 0 Å². The zero-order valence-electron chi connectivity index (χ0n) is 10.2. The van der Waals surface area contributed by atoms with E-state index in [1.165, 1.54) is 4.90 Å². The molecule has 8 heteroatoms. The molecule has 0 saturated carbocycles. The maximum Gasteiger partial charge on any atom is 0.471 e. The van der Waals surface area contributed by atoms with Gasteiger partial charge in [-0.3, -0.25) is 4.79 Å². The van der Waals surface area contributed by atoms with E-state index in [0.717, 1.165) is 4.90 Å². The second-order valence-electron chi connectivity index (χ2n) is 5.24. The molecule has 2 amide bonds. The Balaban J connectivity index is 1.93. The maximum atomic E-state index is 12.3. The highest BCUT2D eigenvalue weighted by atomic mass is 19.4. The van der Waals surface area contributed by atoms with Gasteiger partial charge < -0.3 is 14.9 Å². The zero-order valence-corrected chi connectivity index (χ0v) is 10.2. The van der Waals surface area contributed by atoms with Crippen LogP contribution in [-0.4, -0.2) is 59.3 Å². The number of nitrogens with zero attached hydrogens (tertiary/aromatic N) is 2. The highest BCUT2D eigenvalue weighted by Gasteiger charge is 2.47. The van der Waals surface area contributed by atoms with E-state index in [-0.39, 0.29) is 18.5 Å². The number of rotatable bonds is 0. The Kier molecular flexibility index (Phi) is 3.36. The summed E-state index contributed by atoms with van der Waals surface area (Å²) in [6, 6.07) is 0. The molecular weight excluding hydrogens is 265 g/mol. The molecule has 0 aliphatic carbocycles. The van der Waals surface area contributed by atoms with Crippen LogP contribution >= 0.6 is 0 Å². The maximum absolute atomic E-state index is 12.3. The van der Waals surface area contributed by atoms with E-state index in [0.29, 0.717) is 32.4 Å². The number of carboxylic acid groups (broad SMARTS) is 1. The van der Waals surface area contributed by atoms with Gasteiger partial charge in [0.15, 0.2) is 0 Å². The summed E-state index contributed by atoms with van der Waals surface area (Å²) in [5, 5.41) is 8.89. The Morgan fingerprint density at radius 1 is 1.00 bits per heavy atom. The first-order chi connectivity index (χ1) is 8.73. The van der Waals surface area contributed by atoms with Crippen LogP contribution in [0, 0.1) is 5.41 Å². The molecule has 2 saturated heterocycles. The van der Waals surface area contributed by atoms with E-state index in [2.05, 4.69) is 0 Å². The van der Waals surface area contributed by atoms with Gasteiger partial charge in [0.2, 0.25) is 0 Å². The summed E-state index contributed by atoms with van der Waals surface area (Å²) in [6.45, 7) is 0.872. The Labute approximate surface area is 108 Å². The lowest BCUT2D eigenvalue weighted by Gasteiger charge is -2.39. The molecule has 0 aromatic carbocycles. The van der Waals surface area contributed by atoms with Crippen LogP contribution in [0.5, 0.6) is 0 Å². The highest BCUT2D eigenvalue weighted by Crippen LogP contribution is 2.40. The molecule has 0 aromatic heterocycles. The molecule has 0 aromatic rings. The monoisotopic (exact) mass is 280 g/mol. The number of alkyl halides is 3. The molecule has 5 nitrogen and oxygen atoms in total. The van der Waals surface area contributed by atoms with Gasteiger partial charge in [0.25, 0.3) is 0 Å². The lowest BCUT2D eigenvalue weighted by molar-refractivity contribution is -0.187. The van der Waals surface area contributed by atoms with Crippen LogP contribution in [0.25, 0.3) is 0 Å². The van der Waals surface area contributed by atoms with Gasteiger partial charge in [0, 0.05) is 26.2 Å². The van der Waals surface area contributed by atoms with Gasteiger partial charge in [0.1, 0.15) is 0 Å². The quantitative estimate of drug-likeness (QED) is 0.732. The van der Waals surface area contributed by atoms with Gasteiger partial charge in [-0.25, -0.2) is 4.79 Å². The van der Waals surface area contributed by atoms with Crippen LogP contribution in [0.1, 0.15) is 19.3 Å². The second kappa shape index (κ2) is 4.57. The van der Waals surface area contributed by atoms with E-state index < -0.39 is 18.2 Å². The number of piperidine rings is 1. The molecule has 2 aliphatic heterocycles.